The molecule has 8 nitrogen and oxygen atoms in total. The molecular weight excluding hydrogens is 442 g/mol. The minimum absolute atomic E-state index is 0.0798. The number of piperidine rings is 1. The van der Waals surface area contributed by atoms with Gasteiger partial charge in [-0.15, -0.1) is 0 Å². The van der Waals surface area contributed by atoms with Crippen LogP contribution in [-0.2, 0) is 19.6 Å². The van der Waals surface area contributed by atoms with Gasteiger partial charge in [0, 0.05) is 30.8 Å². The number of rotatable bonds is 4. The van der Waals surface area contributed by atoms with Crippen LogP contribution in [-0.4, -0.2) is 43.7 Å². The van der Waals surface area contributed by atoms with Crippen molar-refractivity contribution >= 4 is 33.2 Å². The van der Waals surface area contributed by atoms with Crippen molar-refractivity contribution in [1.82, 2.24) is 4.31 Å². The highest BCUT2D eigenvalue weighted by atomic mass is 32.2. The number of anilines is 2. The van der Waals surface area contributed by atoms with Crippen LogP contribution in [0.3, 0.4) is 0 Å². The second kappa shape index (κ2) is 8.79. The number of hydrogen-bond donors (Lipinski definition) is 2. The topological polar surface area (TPSA) is 105 Å². The van der Waals surface area contributed by atoms with Crippen molar-refractivity contribution < 1.29 is 22.7 Å². The average Bonchev–Trinajstić information content (AvgIpc) is 2.77. The number of ether oxygens (including phenoxy) is 1. The van der Waals surface area contributed by atoms with Gasteiger partial charge in [-0.05, 0) is 69.4 Å². The largest absolute Gasteiger partial charge is 0.479 e. The van der Waals surface area contributed by atoms with E-state index in [4.69, 9.17) is 4.74 Å². The molecule has 2 aliphatic heterocycles. The minimum Gasteiger partial charge on any atom is -0.479 e. The third kappa shape index (κ3) is 4.60. The van der Waals surface area contributed by atoms with Gasteiger partial charge in [-0.1, -0.05) is 12.1 Å². The van der Waals surface area contributed by atoms with Crippen LogP contribution in [0.5, 0.6) is 5.75 Å². The molecule has 0 saturated carbocycles. The van der Waals surface area contributed by atoms with Crippen molar-refractivity contribution in [1.29, 1.82) is 0 Å². The van der Waals surface area contributed by atoms with Crippen LogP contribution in [0.1, 0.15) is 36.5 Å². The van der Waals surface area contributed by atoms with Crippen LogP contribution in [0.15, 0.2) is 35.2 Å². The van der Waals surface area contributed by atoms with Gasteiger partial charge >= 0.3 is 0 Å². The molecular formula is C24H29N3O5S. The standard InChI is InChI=1S/C24H29N3O5S/c1-14-5-6-15(2)19(11-14)25-24(29)18-7-9-27(10-8-18)33(30,31)22-13-21-20(12-16(22)3)26-23(28)17(4)32-21/h5-6,11-13,17-18H,7-10H2,1-4H3,(H,25,29)(H,26,28)/t17-/m0/s1. The predicted molar refractivity (Wildman–Crippen MR) is 126 cm³/mol. The molecule has 0 radical (unpaired) electrons. The van der Waals surface area contributed by atoms with E-state index >= 15 is 0 Å². The number of carbonyl (C=O) groups is 2. The summed E-state index contributed by atoms with van der Waals surface area (Å²) in [6.07, 6.45) is 0.203. The van der Waals surface area contributed by atoms with E-state index in [9.17, 15) is 18.0 Å². The molecule has 2 aromatic rings. The van der Waals surface area contributed by atoms with Crippen LogP contribution in [0, 0.1) is 26.7 Å². The van der Waals surface area contributed by atoms with Gasteiger partial charge in [0.05, 0.1) is 10.6 Å². The lowest BCUT2D eigenvalue weighted by Crippen LogP contribution is -2.41. The molecule has 2 aromatic carbocycles. The summed E-state index contributed by atoms with van der Waals surface area (Å²) in [5, 5.41) is 5.74. The van der Waals surface area contributed by atoms with Crippen LogP contribution in [0.25, 0.3) is 0 Å². The van der Waals surface area contributed by atoms with E-state index in [0.29, 0.717) is 29.8 Å². The zero-order chi connectivity index (χ0) is 23.9. The van der Waals surface area contributed by atoms with Crippen LogP contribution in [0.4, 0.5) is 11.4 Å². The predicted octanol–water partition coefficient (Wildman–Crippen LogP) is 3.37. The van der Waals surface area contributed by atoms with Crippen molar-refractivity contribution in [3.05, 3.63) is 47.0 Å². The summed E-state index contributed by atoms with van der Waals surface area (Å²) in [7, 11) is -3.77. The zero-order valence-corrected chi connectivity index (χ0v) is 20.1. The van der Waals surface area contributed by atoms with Crippen molar-refractivity contribution in [3.8, 4) is 5.75 Å². The molecule has 176 valence electrons. The van der Waals surface area contributed by atoms with Gasteiger partial charge in [-0.25, -0.2) is 8.42 Å². The number of aryl methyl sites for hydroxylation is 3. The molecule has 2 amide bonds. The Bertz CT molecular complexity index is 1220. The molecule has 0 bridgehead atoms. The van der Waals surface area contributed by atoms with Crippen LogP contribution in [0.2, 0.25) is 0 Å². The van der Waals surface area contributed by atoms with Gasteiger partial charge in [0.15, 0.2) is 6.10 Å². The second-order valence-corrected chi connectivity index (χ2v) is 10.8. The SMILES string of the molecule is Cc1ccc(C)c(NC(=O)C2CCN(S(=O)(=O)c3cc4c(cc3C)NC(=O)[C@H](C)O4)CC2)c1. The lowest BCUT2D eigenvalue weighted by atomic mass is 9.97. The first kappa shape index (κ1) is 23.3. The highest BCUT2D eigenvalue weighted by Crippen LogP contribution is 2.36. The first-order valence-corrected chi connectivity index (χ1v) is 12.5. The fourth-order valence-corrected chi connectivity index (χ4v) is 5.92. The second-order valence-electron chi connectivity index (χ2n) is 8.85. The van der Waals surface area contributed by atoms with E-state index in [1.54, 1.807) is 19.9 Å². The van der Waals surface area contributed by atoms with Crippen LogP contribution < -0.4 is 15.4 Å². The third-order valence-electron chi connectivity index (χ3n) is 6.30. The van der Waals surface area contributed by atoms with E-state index in [1.807, 2.05) is 32.0 Å². The van der Waals surface area contributed by atoms with Gasteiger partial charge in [0.2, 0.25) is 15.9 Å². The summed E-state index contributed by atoms with van der Waals surface area (Å²) in [4.78, 5) is 24.8. The number of fused-ring (bicyclic) bond motifs is 1. The molecule has 2 N–H and O–H groups in total. The summed E-state index contributed by atoms with van der Waals surface area (Å²) in [5.41, 5.74) is 3.85. The maximum Gasteiger partial charge on any atom is 0.265 e. The Labute approximate surface area is 194 Å². The molecule has 1 fully saturated rings. The van der Waals surface area contributed by atoms with E-state index in [-0.39, 0.29) is 35.7 Å². The summed E-state index contributed by atoms with van der Waals surface area (Å²) in [6.45, 7) is 7.75. The maximum atomic E-state index is 13.4. The number of nitrogens with zero attached hydrogens (tertiary/aromatic N) is 1. The monoisotopic (exact) mass is 471 g/mol. The normalized spacial score (nSPS) is 19.4. The van der Waals surface area contributed by atoms with E-state index in [0.717, 1.165) is 16.8 Å². The Morgan fingerprint density at radius 3 is 2.48 bits per heavy atom. The minimum atomic E-state index is -3.77. The molecule has 0 aromatic heterocycles. The van der Waals surface area contributed by atoms with E-state index in [2.05, 4.69) is 10.6 Å². The van der Waals surface area contributed by atoms with Gasteiger partial charge < -0.3 is 15.4 Å². The quantitative estimate of drug-likeness (QED) is 0.711. The van der Waals surface area contributed by atoms with Gasteiger partial charge in [0.1, 0.15) is 5.75 Å². The van der Waals surface area contributed by atoms with Crippen molar-refractivity contribution in [2.75, 3.05) is 23.7 Å². The number of benzene rings is 2. The number of carbonyl (C=O) groups excluding carboxylic acids is 2. The third-order valence-corrected chi connectivity index (χ3v) is 8.34. The molecule has 33 heavy (non-hydrogen) atoms. The lowest BCUT2D eigenvalue weighted by Gasteiger charge is -2.31. The molecule has 1 atom stereocenters. The highest BCUT2D eigenvalue weighted by Gasteiger charge is 2.34. The molecule has 0 spiro atoms. The first-order valence-electron chi connectivity index (χ1n) is 11.1. The summed E-state index contributed by atoms with van der Waals surface area (Å²) < 4.78 is 33.8. The molecule has 0 aliphatic carbocycles. The number of sulfonamides is 1. The Kier molecular flexibility index (Phi) is 6.20. The Hall–Kier alpha value is -2.91. The fourth-order valence-electron chi connectivity index (χ4n) is 4.22. The molecule has 2 heterocycles. The fraction of sp³-hybridized carbons (Fsp3) is 0.417. The Balaban J connectivity index is 1.46. The average molecular weight is 472 g/mol. The Morgan fingerprint density at radius 2 is 1.79 bits per heavy atom. The zero-order valence-electron chi connectivity index (χ0n) is 19.3. The first-order chi connectivity index (χ1) is 15.6. The van der Waals surface area contributed by atoms with E-state index in [1.165, 1.54) is 10.4 Å². The highest BCUT2D eigenvalue weighted by molar-refractivity contribution is 7.89. The summed E-state index contributed by atoms with van der Waals surface area (Å²) >= 11 is 0. The summed E-state index contributed by atoms with van der Waals surface area (Å²) in [5.74, 6) is -0.253. The van der Waals surface area contributed by atoms with Crippen molar-refractivity contribution in [3.63, 3.8) is 0 Å². The van der Waals surface area contributed by atoms with Gasteiger partial charge in [0.25, 0.3) is 5.91 Å². The number of nitrogens with one attached hydrogen (secondary N) is 2. The lowest BCUT2D eigenvalue weighted by molar-refractivity contribution is -0.123. The van der Waals surface area contributed by atoms with Crippen LogP contribution >= 0.6 is 0 Å². The molecule has 4 rings (SSSR count). The van der Waals surface area contributed by atoms with Gasteiger partial charge in [-0.2, -0.15) is 4.31 Å². The van der Waals surface area contributed by atoms with Crippen molar-refractivity contribution in [2.45, 2.75) is 51.5 Å². The number of hydrogen-bond acceptors (Lipinski definition) is 5. The molecule has 0 unspecified atom stereocenters. The maximum absolute atomic E-state index is 13.4. The Morgan fingerprint density at radius 1 is 1.09 bits per heavy atom. The number of amides is 2. The van der Waals surface area contributed by atoms with Crippen molar-refractivity contribution in [2.24, 2.45) is 5.92 Å². The molecule has 1 saturated heterocycles. The summed E-state index contributed by atoms with van der Waals surface area (Å²) in [6, 6.07) is 9.01. The molecule has 9 heteroatoms. The van der Waals surface area contributed by atoms with Gasteiger partial charge in [-0.3, -0.25) is 9.59 Å². The molecule has 2 aliphatic rings. The smallest absolute Gasteiger partial charge is 0.265 e. The van der Waals surface area contributed by atoms with E-state index < -0.39 is 16.1 Å².